The molecule has 0 amide bonds. The van der Waals surface area contributed by atoms with E-state index in [1.807, 2.05) is 23.0 Å². The third-order valence-corrected chi connectivity index (χ3v) is 7.26. The van der Waals surface area contributed by atoms with E-state index in [0.717, 1.165) is 42.7 Å². The number of methoxy groups -OCH3 is 1. The van der Waals surface area contributed by atoms with Gasteiger partial charge in [0.15, 0.2) is 0 Å². The summed E-state index contributed by atoms with van der Waals surface area (Å²) in [6.45, 7) is 1.32. The van der Waals surface area contributed by atoms with E-state index in [4.69, 9.17) is 9.47 Å². The van der Waals surface area contributed by atoms with Gasteiger partial charge in [-0.25, -0.2) is 4.52 Å². The fourth-order valence-electron chi connectivity index (χ4n) is 5.34. The van der Waals surface area contributed by atoms with Crippen LogP contribution in [0.15, 0.2) is 42.9 Å². The Hall–Kier alpha value is -2.28. The molecule has 0 radical (unpaired) electrons. The van der Waals surface area contributed by atoms with E-state index in [1.165, 1.54) is 36.8 Å². The lowest BCUT2D eigenvalue weighted by Crippen LogP contribution is -2.22. The molecule has 5 rings (SSSR count). The first-order valence-electron chi connectivity index (χ1n) is 11.9. The SMILES string of the molecule is COCC1CCC(c2cnn3ccc(-c4ccc(CO[C@@H]5CCC[C@H]5O)nc4)cc23)CC1. The van der Waals surface area contributed by atoms with Crippen LogP contribution in [0.25, 0.3) is 16.6 Å². The molecule has 1 N–H and O–H groups in total. The highest BCUT2D eigenvalue weighted by atomic mass is 16.5. The van der Waals surface area contributed by atoms with Gasteiger partial charge in [0.2, 0.25) is 0 Å². The number of aliphatic hydroxyl groups excluding tert-OH is 1. The van der Waals surface area contributed by atoms with Gasteiger partial charge >= 0.3 is 0 Å². The summed E-state index contributed by atoms with van der Waals surface area (Å²) in [5.41, 5.74) is 5.69. The van der Waals surface area contributed by atoms with Gasteiger partial charge in [-0.15, -0.1) is 0 Å². The largest absolute Gasteiger partial charge is 0.390 e. The average molecular weight is 436 g/mol. The molecule has 2 saturated carbocycles. The van der Waals surface area contributed by atoms with Crippen LogP contribution in [0.2, 0.25) is 0 Å². The summed E-state index contributed by atoms with van der Waals surface area (Å²) in [5, 5.41) is 14.5. The molecule has 0 aromatic carbocycles. The van der Waals surface area contributed by atoms with Crippen molar-refractivity contribution in [3.05, 3.63) is 54.1 Å². The normalized spacial score (nSPS) is 26.1. The monoisotopic (exact) mass is 435 g/mol. The maximum Gasteiger partial charge on any atom is 0.0892 e. The Morgan fingerprint density at radius 1 is 1.03 bits per heavy atom. The maximum absolute atomic E-state index is 9.92. The van der Waals surface area contributed by atoms with E-state index in [-0.39, 0.29) is 12.2 Å². The average Bonchev–Trinajstić information content (AvgIpc) is 3.44. The molecule has 2 aliphatic rings. The van der Waals surface area contributed by atoms with Crippen molar-refractivity contribution < 1.29 is 14.6 Å². The Balaban J connectivity index is 1.29. The summed E-state index contributed by atoms with van der Waals surface area (Å²) >= 11 is 0. The predicted octanol–water partition coefficient (Wildman–Crippen LogP) is 4.75. The highest BCUT2D eigenvalue weighted by Crippen LogP contribution is 2.38. The van der Waals surface area contributed by atoms with Crippen molar-refractivity contribution in [3.8, 4) is 11.1 Å². The summed E-state index contributed by atoms with van der Waals surface area (Å²) in [4.78, 5) is 4.61. The van der Waals surface area contributed by atoms with E-state index < -0.39 is 0 Å². The van der Waals surface area contributed by atoms with Crippen LogP contribution < -0.4 is 0 Å². The van der Waals surface area contributed by atoms with E-state index in [9.17, 15) is 5.11 Å². The number of hydrogen-bond donors (Lipinski definition) is 1. The maximum atomic E-state index is 9.92. The van der Waals surface area contributed by atoms with E-state index in [2.05, 4.69) is 34.5 Å². The van der Waals surface area contributed by atoms with Crippen molar-refractivity contribution in [1.82, 2.24) is 14.6 Å². The first-order chi connectivity index (χ1) is 15.7. The van der Waals surface area contributed by atoms with Crippen LogP contribution in [0.5, 0.6) is 0 Å². The van der Waals surface area contributed by atoms with Gasteiger partial charge in [-0.3, -0.25) is 4.98 Å². The summed E-state index contributed by atoms with van der Waals surface area (Å²) in [6, 6.07) is 8.47. The lowest BCUT2D eigenvalue weighted by molar-refractivity contribution is -0.0283. The summed E-state index contributed by atoms with van der Waals surface area (Å²) in [6.07, 6.45) is 13.3. The van der Waals surface area contributed by atoms with E-state index in [1.54, 1.807) is 7.11 Å². The molecule has 6 nitrogen and oxygen atoms in total. The summed E-state index contributed by atoms with van der Waals surface area (Å²) in [5.74, 6) is 1.26. The number of pyridine rings is 2. The molecule has 3 heterocycles. The predicted molar refractivity (Wildman–Crippen MR) is 123 cm³/mol. The van der Waals surface area contributed by atoms with Crippen molar-refractivity contribution in [2.45, 2.75) is 69.7 Å². The number of aromatic nitrogens is 3. The van der Waals surface area contributed by atoms with Gasteiger partial charge in [-0.2, -0.15) is 5.10 Å². The number of aliphatic hydroxyl groups is 1. The topological polar surface area (TPSA) is 68.9 Å². The van der Waals surface area contributed by atoms with Gasteiger partial charge in [0.25, 0.3) is 0 Å². The lowest BCUT2D eigenvalue weighted by atomic mass is 9.79. The number of rotatable bonds is 7. The Bertz CT molecular complexity index is 1020. The molecule has 3 aromatic heterocycles. The second-order valence-electron chi connectivity index (χ2n) is 9.40. The third-order valence-electron chi connectivity index (χ3n) is 7.26. The molecule has 0 aliphatic heterocycles. The molecule has 0 unspecified atom stereocenters. The number of ether oxygens (including phenoxy) is 2. The zero-order valence-corrected chi connectivity index (χ0v) is 18.8. The first-order valence-corrected chi connectivity index (χ1v) is 11.9. The van der Waals surface area contributed by atoms with Crippen LogP contribution in [-0.2, 0) is 16.1 Å². The highest BCUT2D eigenvalue weighted by molar-refractivity contribution is 5.70. The number of hydrogen-bond acceptors (Lipinski definition) is 5. The number of nitrogens with zero attached hydrogens (tertiary/aromatic N) is 3. The Kier molecular flexibility index (Phi) is 6.53. The molecular weight excluding hydrogens is 402 g/mol. The fraction of sp³-hybridized carbons (Fsp3) is 0.538. The molecular formula is C26H33N3O3. The molecule has 32 heavy (non-hydrogen) atoms. The van der Waals surface area contributed by atoms with Crippen LogP contribution in [0.1, 0.15) is 62.1 Å². The quantitative estimate of drug-likeness (QED) is 0.580. The Labute approximate surface area is 189 Å². The van der Waals surface area contributed by atoms with Crippen LogP contribution in [0.3, 0.4) is 0 Å². The summed E-state index contributed by atoms with van der Waals surface area (Å²) in [7, 11) is 1.80. The Morgan fingerprint density at radius 3 is 2.62 bits per heavy atom. The van der Waals surface area contributed by atoms with E-state index in [0.29, 0.717) is 18.4 Å². The molecule has 0 bridgehead atoms. The molecule has 6 heteroatoms. The van der Waals surface area contributed by atoms with E-state index >= 15 is 0 Å². The number of fused-ring (bicyclic) bond motifs is 1. The van der Waals surface area contributed by atoms with Gasteiger partial charge in [0.1, 0.15) is 0 Å². The van der Waals surface area contributed by atoms with Gasteiger partial charge in [0, 0.05) is 37.2 Å². The summed E-state index contributed by atoms with van der Waals surface area (Å²) < 4.78 is 13.2. The van der Waals surface area contributed by atoms with Crippen LogP contribution in [0, 0.1) is 5.92 Å². The van der Waals surface area contributed by atoms with Gasteiger partial charge in [0.05, 0.1) is 36.2 Å². The fourth-order valence-corrected chi connectivity index (χ4v) is 5.34. The van der Waals surface area contributed by atoms with Crippen molar-refractivity contribution in [3.63, 3.8) is 0 Å². The van der Waals surface area contributed by atoms with Crippen molar-refractivity contribution in [1.29, 1.82) is 0 Å². The van der Waals surface area contributed by atoms with Crippen molar-refractivity contribution in [2.24, 2.45) is 5.92 Å². The molecule has 0 saturated heterocycles. The lowest BCUT2D eigenvalue weighted by Gasteiger charge is -2.27. The Morgan fingerprint density at radius 2 is 1.91 bits per heavy atom. The molecule has 2 fully saturated rings. The molecule has 3 aromatic rings. The zero-order chi connectivity index (χ0) is 21.9. The molecule has 0 spiro atoms. The molecule has 170 valence electrons. The zero-order valence-electron chi connectivity index (χ0n) is 18.8. The van der Waals surface area contributed by atoms with Crippen LogP contribution >= 0.6 is 0 Å². The minimum Gasteiger partial charge on any atom is -0.390 e. The first kappa shape index (κ1) is 21.6. The van der Waals surface area contributed by atoms with Gasteiger partial charge in [-0.05, 0) is 80.5 Å². The van der Waals surface area contributed by atoms with Crippen LogP contribution in [0.4, 0.5) is 0 Å². The molecule has 2 atom stereocenters. The highest BCUT2D eigenvalue weighted by Gasteiger charge is 2.26. The smallest absolute Gasteiger partial charge is 0.0892 e. The van der Waals surface area contributed by atoms with Gasteiger partial charge in [-0.1, -0.05) is 6.07 Å². The minimum absolute atomic E-state index is 0.0521. The second kappa shape index (κ2) is 9.69. The van der Waals surface area contributed by atoms with Crippen molar-refractivity contribution >= 4 is 5.52 Å². The van der Waals surface area contributed by atoms with Crippen LogP contribution in [-0.4, -0.2) is 45.6 Å². The minimum atomic E-state index is -0.333. The van der Waals surface area contributed by atoms with Crippen molar-refractivity contribution in [2.75, 3.05) is 13.7 Å². The molecule has 2 aliphatic carbocycles. The second-order valence-corrected chi connectivity index (χ2v) is 9.40. The third kappa shape index (κ3) is 4.58. The standard InChI is InChI=1S/C26H33N3O3/c1-31-16-18-5-7-19(8-6-18)23-15-28-29-12-11-20(13-24(23)29)21-9-10-22(27-14-21)17-32-26-4-2-3-25(26)30/h9-15,18-19,25-26,30H,2-8,16-17H2,1H3/t18?,19?,25-,26-/m1/s1. The van der Waals surface area contributed by atoms with Gasteiger partial charge < -0.3 is 14.6 Å².